The highest BCUT2D eigenvalue weighted by Crippen LogP contribution is 2.24. The van der Waals surface area contributed by atoms with Crippen molar-refractivity contribution < 1.29 is 8.76 Å². The highest BCUT2D eigenvalue weighted by atomic mass is 32.8. The van der Waals surface area contributed by atoms with Gasteiger partial charge in [-0.1, -0.05) is 12.1 Å². The van der Waals surface area contributed by atoms with Crippen molar-refractivity contribution in [3.8, 4) is 0 Å². The summed E-state index contributed by atoms with van der Waals surface area (Å²) in [4.78, 5) is 3.97. The highest BCUT2D eigenvalue weighted by Gasteiger charge is 2.11. The third-order valence-electron chi connectivity index (χ3n) is 1.49. The van der Waals surface area contributed by atoms with Crippen molar-refractivity contribution in [2.24, 2.45) is 0 Å². The van der Waals surface area contributed by atoms with Gasteiger partial charge in [-0.3, -0.25) is 0 Å². The van der Waals surface area contributed by atoms with E-state index < -0.39 is 8.77 Å². The number of rotatable bonds is 1. The zero-order chi connectivity index (χ0) is 9.47. The second-order valence-electron chi connectivity index (χ2n) is 2.42. The summed E-state index contributed by atoms with van der Waals surface area (Å²) in [5.41, 5.74) is 0.717. The van der Waals surface area contributed by atoms with E-state index in [1.807, 2.05) is 18.2 Å². The van der Waals surface area contributed by atoms with Gasteiger partial charge in [-0.05, 0) is 12.1 Å². The van der Waals surface area contributed by atoms with Crippen molar-refractivity contribution in [1.82, 2.24) is 4.98 Å². The van der Waals surface area contributed by atoms with Crippen LogP contribution in [0.5, 0.6) is 0 Å². The predicted molar refractivity (Wildman–Crippen MR) is 56.0 cm³/mol. The Morgan fingerprint density at radius 3 is 2.77 bits per heavy atom. The summed E-state index contributed by atoms with van der Waals surface area (Å²) in [7, 11) is -3.32. The number of para-hydroxylation sites is 1. The van der Waals surface area contributed by atoms with Crippen molar-refractivity contribution in [3.05, 3.63) is 24.3 Å². The minimum atomic E-state index is -3.32. The average molecular weight is 231 g/mol. The summed E-state index contributed by atoms with van der Waals surface area (Å²) in [5, 5.41) is 0. The lowest BCUT2D eigenvalue weighted by atomic mass is 10.3. The van der Waals surface area contributed by atoms with Gasteiger partial charge >= 0.3 is 0 Å². The third kappa shape index (κ3) is 1.71. The molecule has 1 aromatic carbocycles. The van der Waals surface area contributed by atoms with E-state index in [1.165, 1.54) is 0 Å². The van der Waals surface area contributed by atoms with Gasteiger partial charge < -0.3 is 4.55 Å². The molecule has 1 N–H and O–H groups in total. The Morgan fingerprint density at radius 1 is 1.46 bits per heavy atom. The molecule has 0 fully saturated rings. The molecular formula is C7H5NO2S3. The van der Waals surface area contributed by atoms with E-state index >= 15 is 0 Å². The Labute approximate surface area is 83.9 Å². The van der Waals surface area contributed by atoms with Crippen LogP contribution in [0.3, 0.4) is 0 Å². The first-order valence-electron chi connectivity index (χ1n) is 3.40. The number of thiazole rings is 1. The monoisotopic (exact) mass is 231 g/mol. The van der Waals surface area contributed by atoms with Crippen LogP contribution in [0, 0.1) is 0 Å². The smallest absolute Gasteiger partial charge is 0.210 e. The molecule has 1 aromatic heterocycles. The molecule has 0 aliphatic rings. The summed E-state index contributed by atoms with van der Waals surface area (Å²) in [5.74, 6) is 0. The fraction of sp³-hybridized carbons (Fsp3) is 0. The molecule has 0 aliphatic heterocycles. The van der Waals surface area contributed by atoms with Crippen LogP contribution in [-0.2, 0) is 20.0 Å². The van der Waals surface area contributed by atoms with Crippen LogP contribution in [0.25, 0.3) is 10.2 Å². The number of hydrogen-bond donors (Lipinski definition) is 1. The first kappa shape index (κ1) is 9.01. The second kappa shape index (κ2) is 2.98. The lowest BCUT2D eigenvalue weighted by Crippen LogP contribution is -1.93. The molecule has 1 unspecified atom stereocenters. The normalized spacial score (nSPS) is 15.8. The molecule has 13 heavy (non-hydrogen) atoms. The van der Waals surface area contributed by atoms with Crippen LogP contribution in [0.4, 0.5) is 0 Å². The van der Waals surface area contributed by atoms with Crippen LogP contribution in [0.1, 0.15) is 0 Å². The van der Waals surface area contributed by atoms with E-state index in [4.69, 9.17) is 4.55 Å². The second-order valence-corrected chi connectivity index (χ2v) is 6.40. The standard InChI is InChI=1S/C7H5NO2S3/c9-13(10,11)7-8-5-3-1-2-4-6(5)12-7/h1-4H,(H,9,10,11). The molecule has 0 saturated carbocycles. The maximum atomic E-state index is 11.1. The Morgan fingerprint density at radius 2 is 2.15 bits per heavy atom. The lowest BCUT2D eigenvalue weighted by Gasteiger charge is -1.87. The molecule has 0 saturated heterocycles. The van der Waals surface area contributed by atoms with Crippen molar-refractivity contribution in [3.63, 3.8) is 0 Å². The summed E-state index contributed by atoms with van der Waals surface area (Å²) in [6.45, 7) is 0. The molecule has 68 valence electrons. The zero-order valence-electron chi connectivity index (χ0n) is 6.34. The van der Waals surface area contributed by atoms with Crippen LogP contribution in [0.2, 0.25) is 0 Å². The maximum Gasteiger partial charge on any atom is 0.210 e. The van der Waals surface area contributed by atoms with Gasteiger partial charge in [-0.15, -0.1) is 11.3 Å². The lowest BCUT2D eigenvalue weighted by molar-refractivity contribution is 0.561. The summed E-state index contributed by atoms with van der Waals surface area (Å²) in [6, 6.07) is 7.31. The predicted octanol–water partition coefficient (Wildman–Crippen LogP) is 1.87. The van der Waals surface area contributed by atoms with Gasteiger partial charge in [0.1, 0.15) is 0 Å². The quantitative estimate of drug-likeness (QED) is 0.814. The number of benzene rings is 1. The molecule has 0 radical (unpaired) electrons. The van der Waals surface area contributed by atoms with E-state index in [0.717, 1.165) is 16.0 Å². The van der Waals surface area contributed by atoms with Gasteiger partial charge in [0.15, 0.2) is 8.77 Å². The number of hydrogen-bond acceptors (Lipinski definition) is 4. The van der Waals surface area contributed by atoms with Gasteiger partial charge in [0.25, 0.3) is 0 Å². The molecule has 2 aromatic rings. The molecule has 0 amide bonds. The van der Waals surface area contributed by atoms with Gasteiger partial charge in [-0.2, -0.15) is 0 Å². The van der Waals surface area contributed by atoms with Crippen molar-refractivity contribution >= 4 is 41.5 Å². The van der Waals surface area contributed by atoms with Gasteiger partial charge in [0.05, 0.1) is 10.2 Å². The largest absolute Gasteiger partial charge is 0.300 e. The van der Waals surface area contributed by atoms with Crippen molar-refractivity contribution in [2.45, 2.75) is 4.34 Å². The Bertz CT molecular complexity index is 511. The van der Waals surface area contributed by atoms with Crippen LogP contribution < -0.4 is 0 Å². The third-order valence-corrected chi connectivity index (χ3v) is 4.58. The van der Waals surface area contributed by atoms with Crippen LogP contribution in [0.15, 0.2) is 28.6 Å². The molecule has 0 spiro atoms. The Hall–Kier alpha value is -0.560. The molecule has 6 heteroatoms. The van der Waals surface area contributed by atoms with Gasteiger partial charge in [-0.25, -0.2) is 9.19 Å². The zero-order valence-corrected chi connectivity index (χ0v) is 8.79. The molecular weight excluding hydrogens is 226 g/mol. The van der Waals surface area contributed by atoms with Crippen molar-refractivity contribution in [1.29, 1.82) is 0 Å². The van der Waals surface area contributed by atoms with Gasteiger partial charge in [0, 0.05) is 11.2 Å². The first-order valence-corrected chi connectivity index (χ1v) is 6.66. The molecule has 1 atom stereocenters. The molecule has 0 bridgehead atoms. The van der Waals surface area contributed by atoms with Gasteiger partial charge in [0.2, 0.25) is 4.34 Å². The number of aromatic nitrogens is 1. The minimum absolute atomic E-state index is 0.115. The fourth-order valence-corrected chi connectivity index (χ4v) is 2.98. The summed E-state index contributed by atoms with van der Waals surface area (Å²) in [6.07, 6.45) is 0. The van der Waals surface area contributed by atoms with E-state index in [1.54, 1.807) is 6.07 Å². The highest BCUT2D eigenvalue weighted by molar-refractivity contribution is 8.30. The minimum Gasteiger partial charge on any atom is -0.300 e. The molecule has 3 nitrogen and oxygen atoms in total. The first-order chi connectivity index (χ1) is 6.07. The van der Waals surface area contributed by atoms with Crippen LogP contribution >= 0.6 is 11.3 Å². The topological polar surface area (TPSA) is 50.2 Å². The molecule has 0 aliphatic carbocycles. The summed E-state index contributed by atoms with van der Waals surface area (Å²) < 4.78 is 21.2. The molecule has 2 rings (SSSR count). The van der Waals surface area contributed by atoms with E-state index in [-0.39, 0.29) is 4.34 Å². The maximum absolute atomic E-state index is 11.1. The van der Waals surface area contributed by atoms with Crippen molar-refractivity contribution in [2.75, 3.05) is 0 Å². The molecule has 1 heterocycles. The SMILES string of the molecule is O=S(O)(=S)c1nc2ccccc2s1. The van der Waals surface area contributed by atoms with E-state index in [0.29, 0.717) is 5.52 Å². The Balaban J connectivity index is 2.77. The summed E-state index contributed by atoms with van der Waals surface area (Å²) >= 11 is 5.59. The van der Waals surface area contributed by atoms with E-state index in [2.05, 4.69) is 16.2 Å². The van der Waals surface area contributed by atoms with Crippen LogP contribution in [-0.4, -0.2) is 13.7 Å². The number of fused-ring (bicyclic) bond motifs is 1. The van der Waals surface area contributed by atoms with E-state index in [9.17, 15) is 4.21 Å². The Kier molecular flexibility index (Phi) is 2.07. The number of nitrogens with zero attached hydrogens (tertiary/aromatic N) is 1. The average Bonchev–Trinajstić information content (AvgIpc) is 2.45. The fourth-order valence-electron chi connectivity index (χ4n) is 0.961.